The highest BCUT2D eigenvalue weighted by atomic mass is 35.5. The van der Waals surface area contributed by atoms with Gasteiger partial charge >= 0.3 is 0 Å². The zero-order valence-corrected chi connectivity index (χ0v) is 19.6. The second kappa shape index (κ2) is 14.8. The Morgan fingerprint density at radius 3 is 2.38 bits per heavy atom. The highest BCUT2D eigenvalue weighted by molar-refractivity contribution is 6.32. The first-order valence-corrected chi connectivity index (χ1v) is 10.9. The first kappa shape index (κ1) is 25.9. The van der Waals surface area contributed by atoms with E-state index in [0.29, 0.717) is 34.8 Å². The monoisotopic (exact) mass is 459 g/mol. The quantitative estimate of drug-likeness (QED) is 0.315. The molecule has 0 atom stereocenters. The summed E-state index contributed by atoms with van der Waals surface area (Å²) in [5.74, 6) is 1.23. The Labute approximate surface area is 191 Å². The van der Waals surface area contributed by atoms with Crippen molar-refractivity contribution >= 4 is 35.6 Å². The predicted octanol–water partition coefficient (Wildman–Crippen LogP) is 7.45. The van der Waals surface area contributed by atoms with Crippen LogP contribution in [0.3, 0.4) is 0 Å². The van der Waals surface area contributed by atoms with Crippen LogP contribution in [0.25, 0.3) is 0 Å². The molecule has 0 aliphatic rings. The molecule has 0 spiro atoms. The smallest absolute Gasteiger partial charge is 0.180 e. The van der Waals surface area contributed by atoms with Crippen LogP contribution < -0.4 is 14.8 Å². The van der Waals surface area contributed by atoms with Gasteiger partial charge in [0.05, 0.1) is 11.6 Å². The van der Waals surface area contributed by atoms with Gasteiger partial charge in [0.15, 0.2) is 11.5 Å². The van der Waals surface area contributed by atoms with Crippen molar-refractivity contribution in [2.45, 2.75) is 59.1 Å². The summed E-state index contributed by atoms with van der Waals surface area (Å²) < 4.78 is 11.7. The fourth-order valence-electron chi connectivity index (χ4n) is 2.98. The molecule has 1 N–H and O–H groups in total. The fourth-order valence-corrected chi connectivity index (χ4v) is 3.46. The lowest BCUT2D eigenvalue weighted by atomic mass is 10.1. The molecule has 0 saturated heterocycles. The van der Waals surface area contributed by atoms with E-state index in [4.69, 9.17) is 32.7 Å². The maximum absolute atomic E-state index is 6.51. The summed E-state index contributed by atoms with van der Waals surface area (Å²) in [5, 5.41) is 4.72. The van der Waals surface area contributed by atoms with Gasteiger partial charge in [0.2, 0.25) is 0 Å². The van der Waals surface area contributed by atoms with E-state index in [1.807, 2.05) is 43.3 Å². The van der Waals surface area contributed by atoms with Gasteiger partial charge in [-0.3, -0.25) is 0 Å². The number of ether oxygens (including phenoxy) is 2. The van der Waals surface area contributed by atoms with Crippen molar-refractivity contribution in [1.29, 1.82) is 0 Å². The van der Waals surface area contributed by atoms with E-state index in [1.54, 1.807) is 0 Å². The molecule has 0 fully saturated rings. The molecule has 6 heteroatoms. The summed E-state index contributed by atoms with van der Waals surface area (Å²) >= 11 is 12.7. The zero-order chi connectivity index (χ0) is 20.2. The van der Waals surface area contributed by atoms with Crippen LogP contribution >= 0.6 is 35.6 Å². The second-order valence-electron chi connectivity index (χ2n) is 6.81. The summed E-state index contributed by atoms with van der Waals surface area (Å²) in [4.78, 5) is 0. The molecule has 0 aromatic heterocycles. The second-order valence-corrected chi connectivity index (χ2v) is 7.62. The molecule has 3 nitrogen and oxygen atoms in total. The number of nitrogens with one attached hydrogen (secondary N) is 1. The maximum Gasteiger partial charge on any atom is 0.180 e. The maximum atomic E-state index is 6.51. The van der Waals surface area contributed by atoms with Gasteiger partial charge in [0.25, 0.3) is 0 Å². The van der Waals surface area contributed by atoms with Gasteiger partial charge in [-0.05, 0) is 43.7 Å². The molecule has 0 saturated carbocycles. The van der Waals surface area contributed by atoms with Crippen molar-refractivity contribution < 1.29 is 9.47 Å². The Hall–Kier alpha value is -1.13. The van der Waals surface area contributed by atoms with Crippen LogP contribution in [0.1, 0.15) is 57.1 Å². The van der Waals surface area contributed by atoms with Crippen LogP contribution in [-0.4, -0.2) is 13.2 Å². The molecule has 0 aliphatic heterocycles. The third kappa shape index (κ3) is 9.04. The number of unbranched alkanes of at least 4 members (excludes halogenated alkanes) is 4. The lowest BCUT2D eigenvalue weighted by Crippen LogP contribution is -2.15. The molecule has 0 unspecified atom stereocenters. The van der Waals surface area contributed by atoms with Crippen molar-refractivity contribution in [2.24, 2.45) is 0 Å². The Morgan fingerprint density at radius 2 is 1.66 bits per heavy atom. The lowest BCUT2D eigenvalue weighted by Gasteiger charge is -2.16. The topological polar surface area (TPSA) is 30.5 Å². The molecule has 0 bridgehead atoms. The standard InChI is InChI=1S/C23H31Cl2NO2.ClH/c1-3-5-6-7-10-13-26-16-18-14-21(25)23(22(15-18)27-4-2)28-17-19-11-8-9-12-20(19)24;/h8-9,11-12,14-15,26H,3-7,10,13,16-17H2,1-2H3;1H. The summed E-state index contributed by atoms with van der Waals surface area (Å²) in [6.07, 6.45) is 6.39. The van der Waals surface area contributed by atoms with E-state index < -0.39 is 0 Å². The molecule has 29 heavy (non-hydrogen) atoms. The summed E-state index contributed by atoms with van der Waals surface area (Å²) in [7, 11) is 0. The normalized spacial score (nSPS) is 10.5. The minimum atomic E-state index is 0. The highest BCUT2D eigenvalue weighted by Gasteiger charge is 2.13. The summed E-state index contributed by atoms with van der Waals surface area (Å²) in [5.41, 5.74) is 2.00. The van der Waals surface area contributed by atoms with Crippen molar-refractivity contribution in [2.75, 3.05) is 13.2 Å². The average molecular weight is 461 g/mol. The molecule has 0 radical (unpaired) electrons. The molecule has 162 valence electrons. The third-order valence-electron chi connectivity index (χ3n) is 4.49. The molecule has 2 aromatic rings. The van der Waals surface area contributed by atoms with E-state index in [9.17, 15) is 0 Å². The zero-order valence-electron chi connectivity index (χ0n) is 17.3. The van der Waals surface area contributed by atoms with Gasteiger partial charge in [-0.1, -0.05) is 74.0 Å². The van der Waals surface area contributed by atoms with Gasteiger partial charge in [0, 0.05) is 17.1 Å². The van der Waals surface area contributed by atoms with Crippen LogP contribution in [-0.2, 0) is 13.2 Å². The van der Waals surface area contributed by atoms with Crippen LogP contribution in [0.4, 0.5) is 0 Å². The van der Waals surface area contributed by atoms with Crippen molar-refractivity contribution in [3.63, 3.8) is 0 Å². The highest BCUT2D eigenvalue weighted by Crippen LogP contribution is 2.37. The largest absolute Gasteiger partial charge is 0.490 e. The SMILES string of the molecule is CCCCCCCNCc1cc(Cl)c(OCc2ccccc2Cl)c(OCC)c1.Cl. The van der Waals surface area contributed by atoms with Gasteiger partial charge < -0.3 is 14.8 Å². The van der Waals surface area contributed by atoms with Crippen LogP contribution in [0.5, 0.6) is 11.5 Å². The Kier molecular flexibility index (Phi) is 13.2. The summed E-state index contributed by atoms with van der Waals surface area (Å²) in [6.45, 7) is 6.85. The first-order chi connectivity index (χ1) is 13.7. The number of hydrogen-bond acceptors (Lipinski definition) is 3. The molecule has 0 aliphatic carbocycles. The van der Waals surface area contributed by atoms with Crippen molar-refractivity contribution in [3.05, 3.63) is 57.6 Å². The van der Waals surface area contributed by atoms with E-state index in [-0.39, 0.29) is 12.4 Å². The Morgan fingerprint density at radius 1 is 0.897 bits per heavy atom. The first-order valence-electron chi connectivity index (χ1n) is 10.2. The predicted molar refractivity (Wildman–Crippen MR) is 126 cm³/mol. The van der Waals surface area contributed by atoms with Crippen LogP contribution in [0.15, 0.2) is 36.4 Å². The molecular formula is C23H32Cl3NO2. The third-order valence-corrected chi connectivity index (χ3v) is 5.13. The Balaban J connectivity index is 0.00000420. The van der Waals surface area contributed by atoms with Gasteiger partial charge in [-0.15, -0.1) is 12.4 Å². The molecule has 0 heterocycles. The minimum absolute atomic E-state index is 0. The summed E-state index contributed by atoms with van der Waals surface area (Å²) in [6, 6.07) is 11.6. The van der Waals surface area contributed by atoms with Gasteiger partial charge in [-0.2, -0.15) is 0 Å². The Bertz CT molecular complexity index is 725. The lowest BCUT2D eigenvalue weighted by molar-refractivity contribution is 0.269. The van der Waals surface area contributed by atoms with Crippen molar-refractivity contribution in [3.8, 4) is 11.5 Å². The van der Waals surface area contributed by atoms with E-state index in [1.165, 1.54) is 32.1 Å². The molecule has 0 amide bonds. The molecular weight excluding hydrogens is 429 g/mol. The van der Waals surface area contributed by atoms with Crippen LogP contribution in [0, 0.1) is 0 Å². The molecule has 2 aromatic carbocycles. The van der Waals surface area contributed by atoms with Crippen molar-refractivity contribution in [1.82, 2.24) is 5.32 Å². The fraction of sp³-hybridized carbons (Fsp3) is 0.478. The van der Waals surface area contributed by atoms with Gasteiger partial charge in [0.1, 0.15) is 6.61 Å². The van der Waals surface area contributed by atoms with E-state index in [2.05, 4.69) is 12.2 Å². The average Bonchev–Trinajstić information content (AvgIpc) is 2.68. The molecule has 2 rings (SSSR count). The number of rotatable bonds is 13. The number of hydrogen-bond donors (Lipinski definition) is 1. The van der Waals surface area contributed by atoms with Gasteiger partial charge in [-0.25, -0.2) is 0 Å². The van der Waals surface area contributed by atoms with E-state index in [0.717, 1.165) is 24.2 Å². The number of halogens is 3. The number of benzene rings is 2. The van der Waals surface area contributed by atoms with Crippen LogP contribution in [0.2, 0.25) is 10.0 Å². The minimum Gasteiger partial charge on any atom is -0.490 e. The van der Waals surface area contributed by atoms with E-state index >= 15 is 0 Å².